The Balaban J connectivity index is 2.01. The van der Waals surface area contributed by atoms with Crippen molar-refractivity contribution in [1.29, 1.82) is 0 Å². The predicted octanol–water partition coefficient (Wildman–Crippen LogP) is 3.62. The molecule has 144 valence electrons. The third kappa shape index (κ3) is 5.45. The molecule has 1 aromatic carbocycles. The number of nitrogens with zero attached hydrogens (tertiary/aromatic N) is 2. The van der Waals surface area contributed by atoms with Crippen LogP contribution in [0.3, 0.4) is 0 Å². The zero-order chi connectivity index (χ0) is 19.5. The lowest BCUT2D eigenvalue weighted by atomic mass is 9.91. The van der Waals surface area contributed by atoms with Crippen LogP contribution in [0.5, 0.6) is 0 Å². The van der Waals surface area contributed by atoms with Crippen molar-refractivity contribution in [3.8, 4) is 0 Å². The Hall–Kier alpha value is -1.59. The van der Waals surface area contributed by atoms with Gasteiger partial charge in [0.1, 0.15) is 0 Å². The van der Waals surface area contributed by atoms with Crippen molar-refractivity contribution in [2.24, 2.45) is 11.3 Å². The molecule has 6 heteroatoms. The lowest BCUT2D eigenvalue weighted by molar-refractivity contribution is -0.142. The molecule has 1 atom stereocenters. The van der Waals surface area contributed by atoms with Crippen LogP contribution in [0.25, 0.3) is 0 Å². The van der Waals surface area contributed by atoms with E-state index >= 15 is 0 Å². The summed E-state index contributed by atoms with van der Waals surface area (Å²) in [7, 11) is 3.97. The van der Waals surface area contributed by atoms with E-state index in [1.54, 1.807) is 6.07 Å². The van der Waals surface area contributed by atoms with Crippen molar-refractivity contribution in [2.75, 3.05) is 32.5 Å². The van der Waals surface area contributed by atoms with Crippen LogP contribution < -0.4 is 5.32 Å². The summed E-state index contributed by atoms with van der Waals surface area (Å²) in [5, 5.41) is 3.60. The SMILES string of the molecule is CN(C)Cc1ccc(NC(=O)C2CCCN(C(=O)C(C)(C)C)C2)cc1Cl. The second kappa shape index (κ2) is 8.40. The smallest absolute Gasteiger partial charge is 0.229 e. The zero-order valence-electron chi connectivity index (χ0n) is 16.4. The van der Waals surface area contributed by atoms with Crippen LogP contribution in [0.15, 0.2) is 18.2 Å². The quantitative estimate of drug-likeness (QED) is 0.869. The largest absolute Gasteiger partial charge is 0.341 e. The Morgan fingerprint density at radius 1 is 1.31 bits per heavy atom. The number of nitrogens with one attached hydrogen (secondary N) is 1. The third-order valence-electron chi connectivity index (χ3n) is 4.53. The van der Waals surface area contributed by atoms with Crippen molar-refractivity contribution in [2.45, 2.75) is 40.2 Å². The van der Waals surface area contributed by atoms with Gasteiger partial charge in [-0.3, -0.25) is 9.59 Å². The molecule has 0 aliphatic carbocycles. The monoisotopic (exact) mass is 379 g/mol. The summed E-state index contributed by atoms with van der Waals surface area (Å²) < 4.78 is 0. The van der Waals surface area contributed by atoms with Crippen LogP contribution in [0.1, 0.15) is 39.2 Å². The first-order chi connectivity index (χ1) is 12.1. The van der Waals surface area contributed by atoms with Crippen LogP contribution in [-0.2, 0) is 16.1 Å². The normalized spacial score (nSPS) is 18.1. The van der Waals surface area contributed by atoms with Crippen LogP contribution in [0, 0.1) is 11.3 Å². The van der Waals surface area contributed by atoms with E-state index in [2.05, 4.69) is 5.32 Å². The molecular formula is C20H30ClN3O2. The summed E-state index contributed by atoms with van der Waals surface area (Å²) in [4.78, 5) is 29.0. The fourth-order valence-electron chi connectivity index (χ4n) is 3.19. The van der Waals surface area contributed by atoms with Gasteiger partial charge in [-0.2, -0.15) is 0 Å². The maximum absolute atomic E-state index is 12.7. The number of benzene rings is 1. The first kappa shape index (κ1) is 20.7. The van der Waals surface area contributed by atoms with Gasteiger partial charge < -0.3 is 15.1 Å². The summed E-state index contributed by atoms with van der Waals surface area (Å²) in [5.74, 6) is -0.130. The molecule has 2 rings (SSSR count). The van der Waals surface area contributed by atoms with Crippen LogP contribution in [-0.4, -0.2) is 48.8 Å². The Bertz CT molecular complexity index is 668. The lowest BCUT2D eigenvalue weighted by Gasteiger charge is -2.35. The van der Waals surface area contributed by atoms with E-state index in [1.807, 2.05) is 56.8 Å². The van der Waals surface area contributed by atoms with E-state index in [9.17, 15) is 9.59 Å². The number of halogens is 1. The fraction of sp³-hybridized carbons (Fsp3) is 0.600. The van der Waals surface area contributed by atoms with Crippen molar-refractivity contribution >= 4 is 29.1 Å². The van der Waals surface area contributed by atoms with Crippen LogP contribution in [0.4, 0.5) is 5.69 Å². The highest BCUT2D eigenvalue weighted by Gasteiger charge is 2.33. The minimum atomic E-state index is -0.422. The molecule has 0 spiro atoms. The number of piperidine rings is 1. The topological polar surface area (TPSA) is 52.7 Å². The van der Waals surface area contributed by atoms with Gasteiger partial charge in [0, 0.05) is 35.8 Å². The van der Waals surface area contributed by atoms with Crippen molar-refractivity contribution in [1.82, 2.24) is 9.80 Å². The average Bonchev–Trinajstić information content (AvgIpc) is 2.55. The van der Waals surface area contributed by atoms with Crippen molar-refractivity contribution in [3.05, 3.63) is 28.8 Å². The van der Waals surface area contributed by atoms with Gasteiger partial charge >= 0.3 is 0 Å². The van der Waals surface area contributed by atoms with Gasteiger partial charge in [-0.05, 0) is 44.6 Å². The molecular weight excluding hydrogens is 350 g/mol. The van der Waals surface area contributed by atoms with Gasteiger partial charge in [0.25, 0.3) is 0 Å². The van der Waals surface area contributed by atoms with Gasteiger partial charge in [0.2, 0.25) is 11.8 Å². The van der Waals surface area contributed by atoms with E-state index in [0.29, 0.717) is 17.3 Å². The summed E-state index contributed by atoms with van der Waals surface area (Å²) in [5.41, 5.74) is 1.30. The molecule has 0 radical (unpaired) electrons. The molecule has 1 aliphatic rings. The number of carbonyl (C=O) groups excluding carboxylic acids is 2. The Morgan fingerprint density at radius 3 is 2.58 bits per heavy atom. The average molecular weight is 380 g/mol. The maximum Gasteiger partial charge on any atom is 0.229 e. The summed E-state index contributed by atoms with van der Waals surface area (Å²) in [6.07, 6.45) is 1.65. The molecule has 0 saturated carbocycles. The van der Waals surface area contributed by atoms with Gasteiger partial charge in [0.15, 0.2) is 0 Å². The van der Waals surface area contributed by atoms with Gasteiger partial charge in [-0.1, -0.05) is 38.4 Å². The number of carbonyl (C=O) groups is 2. The molecule has 1 fully saturated rings. The summed E-state index contributed by atoms with van der Waals surface area (Å²) in [6.45, 7) is 7.70. The first-order valence-electron chi connectivity index (χ1n) is 9.11. The molecule has 2 amide bonds. The fourth-order valence-corrected chi connectivity index (χ4v) is 3.43. The minimum absolute atomic E-state index is 0.0483. The highest BCUT2D eigenvalue weighted by molar-refractivity contribution is 6.31. The second-order valence-electron chi connectivity index (χ2n) is 8.37. The first-order valence-corrected chi connectivity index (χ1v) is 9.49. The number of hydrogen-bond donors (Lipinski definition) is 1. The van der Waals surface area contributed by atoms with Crippen LogP contribution in [0.2, 0.25) is 5.02 Å². The molecule has 0 aromatic heterocycles. The van der Waals surface area contributed by atoms with Gasteiger partial charge in [-0.25, -0.2) is 0 Å². The minimum Gasteiger partial charge on any atom is -0.341 e. The number of likely N-dealkylation sites (tertiary alicyclic amines) is 1. The highest BCUT2D eigenvalue weighted by Crippen LogP contribution is 2.26. The summed E-state index contributed by atoms with van der Waals surface area (Å²) in [6, 6.07) is 5.61. The van der Waals surface area contributed by atoms with Crippen molar-refractivity contribution in [3.63, 3.8) is 0 Å². The molecule has 1 unspecified atom stereocenters. The maximum atomic E-state index is 12.7. The van der Waals surface area contributed by atoms with E-state index in [0.717, 1.165) is 31.5 Å². The second-order valence-corrected chi connectivity index (χ2v) is 8.78. The van der Waals surface area contributed by atoms with E-state index < -0.39 is 5.41 Å². The molecule has 1 aromatic rings. The number of hydrogen-bond acceptors (Lipinski definition) is 3. The molecule has 1 aliphatic heterocycles. The third-order valence-corrected chi connectivity index (χ3v) is 4.88. The summed E-state index contributed by atoms with van der Waals surface area (Å²) >= 11 is 6.33. The van der Waals surface area contributed by atoms with Gasteiger partial charge in [-0.15, -0.1) is 0 Å². The Labute approximate surface area is 161 Å². The molecule has 26 heavy (non-hydrogen) atoms. The van der Waals surface area contributed by atoms with E-state index in [-0.39, 0.29) is 17.7 Å². The molecule has 1 saturated heterocycles. The standard InChI is InChI=1S/C20H30ClN3O2/c1-20(2,3)19(26)24-10-6-7-15(13-24)18(25)22-16-9-8-14(12-23(4)5)17(21)11-16/h8-9,11,15H,6-7,10,12-13H2,1-5H3,(H,22,25). The zero-order valence-corrected chi connectivity index (χ0v) is 17.2. The molecule has 1 heterocycles. The predicted molar refractivity (Wildman–Crippen MR) is 106 cm³/mol. The Kier molecular flexibility index (Phi) is 6.69. The van der Waals surface area contributed by atoms with Crippen molar-refractivity contribution < 1.29 is 9.59 Å². The van der Waals surface area contributed by atoms with E-state index in [4.69, 9.17) is 11.6 Å². The lowest BCUT2D eigenvalue weighted by Crippen LogP contribution is -2.47. The molecule has 0 bridgehead atoms. The van der Waals surface area contributed by atoms with Crippen LogP contribution >= 0.6 is 11.6 Å². The number of amides is 2. The Morgan fingerprint density at radius 2 is 2.00 bits per heavy atom. The number of rotatable bonds is 4. The number of anilines is 1. The molecule has 5 nitrogen and oxygen atoms in total. The highest BCUT2D eigenvalue weighted by atomic mass is 35.5. The van der Waals surface area contributed by atoms with E-state index in [1.165, 1.54) is 0 Å². The van der Waals surface area contributed by atoms with Gasteiger partial charge in [0.05, 0.1) is 5.92 Å². The molecule has 1 N–H and O–H groups in total.